The molecule has 0 saturated heterocycles. The van der Waals surface area contributed by atoms with Crippen molar-refractivity contribution >= 4 is 11.8 Å². The molecule has 0 aromatic carbocycles. The van der Waals surface area contributed by atoms with Crippen LogP contribution >= 0.6 is 11.8 Å². The van der Waals surface area contributed by atoms with Gasteiger partial charge in [0.1, 0.15) is 0 Å². The number of rotatable bonds is 5. The highest BCUT2D eigenvalue weighted by molar-refractivity contribution is 7.99. The van der Waals surface area contributed by atoms with E-state index in [1.807, 2.05) is 25.7 Å². The molecule has 12 heavy (non-hydrogen) atoms. The Labute approximate surface area is 80.7 Å². The van der Waals surface area contributed by atoms with E-state index in [1.165, 1.54) is 0 Å². The summed E-state index contributed by atoms with van der Waals surface area (Å²) in [4.78, 5) is 0. The third kappa shape index (κ3) is 6.57. The number of hydrogen-bond donors (Lipinski definition) is 1. The Bertz CT molecular complexity index is 155. The van der Waals surface area contributed by atoms with Crippen LogP contribution in [0.2, 0.25) is 0 Å². The fourth-order valence-corrected chi connectivity index (χ4v) is 1.68. The maximum absolute atomic E-state index is 3.27. The predicted molar refractivity (Wildman–Crippen MR) is 58.5 cm³/mol. The van der Waals surface area contributed by atoms with Gasteiger partial charge in [-0.05, 0) is 19.2 Å². The molecule has 70 valence electrons. The lowest BCUT2D eigenvalue weighted by molar-refractivity contribution is 0.636. The number of nitrogens with one attached hydrogen (secondary N) is 1. The van der Waals surface area contributed by atoms with E-state index in [4.69, 9.17) is 0 Å². The van der Waals surface area contributed by atoms with Gasteiger partial charge in [0, 0.05) is 18.2 Å². The summed E-state index contributed by atoms with van der Waals surface area (Å²) < 4.78 is 0. The number of hydrogen-bond acceptors (Lipinski definition) is 2. The molecule has 1 unspecified atom stereocenters. The van der Waals surface area contributed by atoms with Gasteiger partial charge in [-0.15, -0.1) is 11.8 Å². The molecular formula is C10H19NS. The quantitative estimate of drug-likeness (QED) is 0.659. The van der Waals surface area contributed by atoms with Crippen LogP contribution in [0.5, 0.6) is 0 Å². The molecule has 0 amide bonds. The monoisotopic (exact) mass is 185 g/mol. The van der Waals surface area contributed by atoms with Crippen LogP contribution < -0.4 is 5.32 Å². The third-order valence-corrected chi connectivity index (χ3v) is 2.83. The predicted octanol–water partition coefficient (Wildman–Crippen LogP) is 2.13. The minimum absolute atomic E-state index is 0.546. The van der Waals surface area contributed by atoms with Crippen molar-refractivity contribution in [3.05, 3.63) is 0 Å². The van der Waals surface area contributed by atoms with Gasteiger partial charge in [0.15, 0.2) is 0 Å². The Morgan fingerprint density at radius 2 is 2.08 bits per heavy atom. The van der Waals surface area contributed by atoms with Crippen molar-refractivity contribution in [2.45, 2.75) is 38.5 Å². The summed E-state index contributed by atoms with van der Waals surface area (Å²) >= 11 is 1.98. The minimum atomic E-state index is 0.546. The fraction of sp³-hybridized carbons (Fsp3) is 0.800. The topological polar surface area (TPSA) is 12.0 Å². The summed E-state index contributed by atoms with van der Waals surface area (Å²) in [5, 5.41) is 3.99. The van der Waals surface area contributed by atoms with E-state index in [0.717, 1.165) is 17.4 Å². The summed E-state index contributed by atoms with van der Waals surface area (Å²) in [5.74, 6) is 7.17. The van der Waals surface area contributed by atoms with Gasteiger partial charge in [0.2, 0.25) is 0 Å². The Kier molecular flexibility index (Phi) is 7.43. The summed E-state index contributed by atoms with van der Waals surface area (Å²) in [6.45, 7) is 6.34. The first-order valence-electron chi connectivity index (χ1n) is 4.39. The molecule has 1 N–H and O–H groups in total. The third-order valence-electron chi connectivity index (χ3n) is 1.56. The molecule has 0 radical (unpaired) electrons. The SMILES string of the molecule is CC#CCC(CSC(C)C)NC. The Hall–Kier alpha value is -0.130. The van der Waals surface area contributed by atoms with Gasteiger partial charge < -0.3 is 5.32 Å². The van der Waals surface area contributed by atoms with Gasteiger partial charge in [0.25, 0.3) is 0 Å². The first-order valence-corrected chi connectivity index (χ1v) is 5.44. The van der Waals surface area contributed by atoms with E-state index in [-0.39, 0.29) is 0 Å². The fourth-order valence-electron chi connectivity index (χ4n) is 0.778. The van der Waals surface area contributed by atoms with E-state index in [1.54, 1.807) is 0 Å². The van der Waals surface area contributed by atoms with E-state index in [0.29, 0.717) is 6.04 Å². The van der Waals surface area contributed by atoms with Gasteiger partial charge in [-0.1, -0.05) is 13.8 Å². The van der Waals surface area contributed by atoms with Crippen molar-refractivity contribution in [1.82, 2.24) is 5.32 Å². The molecule has 0 aromatic rings. The van der Waals surface area contributed by atoms with Crippen LogP contribution in [0.3, 0.4) is 0 Å². The van der Waals surface area contributed by atoms with Crippen molar-refractivity contribution in [3.8, 4) is 11.8 Å². The second-order valence-corrected chi connectivity index (χ2v) is 4.61. The van der Waals surface area contributed by atoms with E-state index in [2.05, 4.69) is 31.0 Å². The van der Waals surface area contributed by atoms with Crippen molar-refractivity contribution in [1.29, 1.82) is 0 Å². The van der Waals surface area contributed by atoms with Gasteiger partial charge in [-0.2, -0.15) is 11.8 Å². The summed E-state index contributed by atoms with van der Waals surface area (Å²) in [6, 6.07) is 0.546. The van der Waals surface area contributed by atoms with Gasteiger partial charge in [-0.3, -0.25) is 0 Å². The Morgan fingerprint density at radius 3 is 2.50 bits per heavy atom. The lowest BCUT2D eigenvalue weighted by Gasteiger charge is -2.13. The first-order chi connectivity index (χ1) is 5.70. The van der Waals surface area contributed by atoms with E-state index < -0.39 is 0 Å². The summed E-state index contributed by atoms with van der Waals surface area (Å²) in [5.41, 5.74) is 0. The molecule has 0 aliphatic carbocycles. The van der Waals surface area contributed by atoms with Crippen molar-refractivity contribution < 1.29 is 0 Å². The molecule has 0 rings (SSSR count). The molecule has 0 saturated carbocycles. The molecule has 0 fully saturated rings. The minimum Gasteiger partial charge on any atom is -0.315 e. The highest BCUT2D eigenvalue weighted by Crippen LogP contribution is 2.11. The summed E-state index contributed by atoms with van der Waals surface area (Å²) in [7, 11) is 2.00. The molecule has 0 heterocycles. The van der Waals surface area contributed by atoms with E-state index in [9.17, 15) is 0 Å². The number of thioether (sulfide) groups is 1. The highest BCUT2D eigenvalue weighted by atomic mass is 32.2. The van der Waals surface area contributed by atoms with Crippen molar-refractivity contribution in [2.24, 2.45) is 0 Å². The highest BCUT2D eigenvalue weighted by Gasteiger charge is 2.04. The molecule has 1 nitrogen and oxygen atoms in total. The second-order valence-electron chi connectivity index (χ2n) is 3.00. The lowest BCUT2D eigenvalue weighted by atomic mass is 10.2. The van der Waals surface area contributed by atoms with Gasteiger partial charge in [-0.25, -0.2) is 0 Å². The van der Waals surface area contributed by atoms with Crippen LogP contribution in [0.4, 0.5) is 0 Å². The largest absolute Gasteiger partial charge is 0.315 e. The zero-order valence-electron chi connectivity index (χ0n) is 8.48. The van der Waals surface area contributed by atoms with Crippen LogP contribution in [0.15, 0.2) is 0 Å². The maximum Gasteiger partial charge on any atom is 0.0264 e. The first kappa shape index (κ1) is 11.9. The zero-order valence-corrected chi connectivity index (χ0v) is 9.29. The van der Waals surface area contributed by atoms with Crippen molar-refractivity contribution in [2.75, 3.05) is 12.8 Å². The smallest absolute Gasteiger partial charge is 0.0264 e. The Balaban J connectivity index is 3.57. The van der Waals surface area contributed by atoms with Gasteiger partial charge in [0.05, 0.1) is 0 Å². The normalized spacial score (nSPS) is 12.4. The Morgan fingerprint density at radius 1 is 1.42 bits per heavy atom. The molecule has 0 aromatic heterocycles. The van der Waals surface area contributed by atoms with Crippen LogP contribution in [-0.4, -0.2) is 24.1 Å². The van der Waals surface area contributed by atoms with Crippen LogP contribution in [0.25, 0.3) is 0 Å². The zero-order chi connectivity index (χ0) is 9.40. The van der Waals surface area contributed by atoms with Gasteiger partial charge >= 0.3 is 0 Å². The van der Waals surface area contributed by atoms with Crippen molar-refractivity contribution in [3.63, 3.8) is 0 Å². The van der Waals surface area contributed by atoms with Crippen LogP contribution in [-0.2, 0) is 0 Å². The molecule has 0 aliphatic rings. The second kappa shape index (κ2) is 7.52. The molecular weight excluding hydrogens is 166 g/mol. The van der Waals surface area contributed by atoms with E-state index >= 15 is 0 Å². The average Bonchev–Trinajstić information content (AvgIpc) is 2.05. The molecule has 0 aliphatic heterocycles. The van der Waals surface area contributed by atoms with Crippen LogP contribution in [0.1, 0.15) is 27.2 Å². The maximum atomic E-state index is 3.27. The molecule has 0 spiro atoms. The molecule has 1 atom stereocenters. The summed E-state index contributed by atoms with van der Waals surface area (Å²) in [6.07, 6.45) is 0.965. The lowest BCUT2D eigenvalue weighted by Crippen LogP contribution is -2.27. The standard InChI is InChI=1S/C10H19NS/c1-5-6-7-10(11-4)8-12-9(2)3/h9-11H,7-8H2,1-4H3. The van der Waals surface area contributed by atoms with Crippen LogP contribution in [0, 0.1) is 11.8 Å². The average molecular weight is 185 g/mol. The molecule has 2 heteroatoms. The molecule has 0 bridgehead atoms.